The summed E-state index contributed by atoms with van der Waals surface area (Å²) >= 11 is 0. The summed E-state index contributed by atoms with van der Waals surface area (Å²) in [7, 11) is 0. The molecule has 1 atom stereocenters. The van der Waals surface area contributed by atoms with Gasteiger partial charge in [0.25, 0.3) is 5.56 Å². The van der Waals surface area contributed by atoms with Gasteiger partial charge in [-0.05, 0) is 37.1 Å². The minimum absolute atomic E-state index is 0.0782. The van der Waals surface area contributed by atoms with Crippen molar-refractivity contribution in [2.75, 3.05) is 13.2 Å². The first kappa shape index (κ1) is 19.0. The van der Waals surface area contributed by atoms with E-state index in [1.54, 1.807) is 17.0 Å². The van der Waals surface area contributed by atoms with Gasteiger partial charge in [-0.3, -0.25) is 14.2 Å². The van der Waals surface area contributed by atoms with E-state index < -0.39 is 0 Å². The molecule has 0 aliphatic carbocycles. The summed E-state index contributed by atoms with van der Waals surface area (Å²) in [4.78, 5) is 29.1. The molecule has 1 amide bonds. The van der Waals surface area contributed by atoms with Crippen LogP contribution in [0.3, 0.4) is 0 Å². The van der Waals surface area contributed by atoms with Gasteiger partial charge in [-0.2, -0.15) is 0 Å². The van der Waals surface area contributed by atoms with Crippen molar-refractivity contribution in [2.45, 2.75) is 32.4 Å². The maximum atomic E-state index is 12.6. The highest BCUT2D eigenvalue weighted by Crippen LogP contribution is 2.30. The van der Waals surface area contributed by atoms with Gasteiger partial charge in [-0.1, -0.05) is 24.3 Å². The van der Waals surface area contributed by atoms with E-state index in [0.29, 0.717) is 43.7 Å². The number of hydrogen-bond donors (Lipinski definition) is 1. The number of benzene rings is 2. The van der Waals surface area contributed by atoms with Crippen molar-refractivity contribution in [2.24, 2.45) is 0 Å². The van der Waals surface area contributed by atoms with Gasteiger partial charge in [-0.15, -0.1) is 0 Å². The van der Waals surface area contributed by atoms with E-state index in [2.05, 4.69) is 10.3 Å². The molecule has 1 N–H and O–H groups in total. The molecule has 4 rings (SSSR count). The third-order valence-corrected chi connectivity index (χ3v) is 4.95. The number of nitrogens with one attached hydrogen (secondary N) is 1. The number of fused-ring (bicyclic) bond motifs is 2. The number of nitrogens with zero attached hydrogens (tertiary/aromatic N) is 2. The van der Waals surface area contributed by atoms with Crippen LogP contribution in [0, 0.1) is 6.92 Å². The fraction of sp³-hybridized carbons (Fsp3) is 0.318. The van der Waals surface area contributed by atoms with Crippen molar-refractivity contribution >= 4 is 16.8 Å². The standard InChI is InChI=1S/C22H23N3O4/c1-15-6-4-7-17-21(15)24-14-25(22(17)27)11-5-10-20(26)23-12-16-13-28-18-8-2-3-9-19(18)29-16/h2-4,6-9,14,16H,5,10-13H2,1H3,(H,23,26). The predicted molar refractivity (Wildman–Crippen MR) is 109 cm³/mol. The van der Waals surface area contributed by atoms with Crippen molar-refractivity contribution in [1.82, 2.24) is 14.9 Å². The second kappa shape index (κ2) is 8.34. The molecule has 150 valence electrons. The molecule has 1 aliphatic rings. The average molecular weight is 393 g/mol. The molecule has 0 bridgehead atoms. The van der Waals surface area contributed by atoms with Gasteiger partial charge < -0.3 is 14.8 Å². The Balaban J connectivity index is 1.26. The number of ether oxygens (including phenoxy) is 2. The smallest absolute Gasteiger partial charge is 0.261 e. The zero-order chi connectivity index (χ0) is 20.2. The van der Waals surface area contributed by atoms with Crippen LogP contribution in [0.5, 0.6) is 11.5 Å². The summed E-state index contributed by atoms with van der Waals surface area (Å²) in [6.07, 6.45) is 2.21. The zero-order valence-electron chi connectivity index (χ0n) is 16.3. The maximum Gasteiger partial charge on any atom is 0.261 e. The van der Waals surface area contributed by atoms with Crippen LogP contribution in [0.15, 0.2) is 53.6 Å². The highest BCUT2D eigenvalue weighted by atomic mass is 16.6. The Morgan fingerprint density at radius 2 is 2.03 bits per heavy atom. The number of amides is 1. The Labute approximate surface area is 168 Å². The molecular formula is C22H23N3O4. The van der Waals surface area contributed by atoms with E-state index >= 15 is 0 Å². The van der Waals surface area contributed by atoms with Crippen molar-refractivity contribution < 1.29 is 14.3 Å². The van der Waals surface area contributed by atoms with E-state index in [1.165, 1.54) is 0 Å². The third-order valence-electron chi connectivity index (χ3n) is 4.95. The van der Waals surface area contributed by atoms with Gasteiger partial charge in [0.15, 0.2) is 11.5 Å². The third kappa shape index (κ3) is 4.23. The first-order valence-corrected chi connectivity index (χ1v) is 9.72. The molecule has 7 nitrogen and oxygen atoms in total. The first-order chi connectivity index (χ1) is 14.1. The zero-order valence-corrected chi connectivity index (χ0v) is 16.3. The summed E-state index contributed by atoms with van der Waals surface area (Å²) in [5, 5.41) is 3.48. The van der Waals surface area contributed by atoms with E-state index in [1.807, 2.05) is 43.3 Å². The fourth-order valence-electron chi connectivity index (χ4n) is 3.39. The van der Waals surface area contributed by atoms with Crippen LogP contribution in [-0.4, -0.2) is 34.7 Å². The maximum absolute atomic E-state index is 12.6. The molecule has 1 aliphatic heterocycles. The quantitative estimate of drug-likeness (QED) is 0.696. The van der Waals surface area contributed by atoms with E-state index in [9.17, 15) is 9.59 Å². The molecule has 7 heteroatoms. The lowest BCUT2D eigenvalue weighted by Crippen LogP contribution is -2.40. The lowest BCUT2D eigenvalue weighted by atomic mass is 10.1. The minimum atomic E-state index is -0.218. The number of aryl methyl sites for hydroxylation is 2. The van der Waals surface area contributed by atoms with Gasteiger partial charge in [0.2, 0.25) is 5.91 Å². The second-order valence-electron chi connectivity index (χ2n) is 7.12. The summed E-state index contributed by atoms with van der Waals surface area (Å²) < 4.78 is 13.0. The normalized spacial score (nSPS) is 15.3. The monoisotopic (exact) mass is 393 g/mol. The van der Waals surface area contributed by atoms with Crippen molar-refractivity contribution in [1.29, 1.82) is 0 Å². The molecule has 0 fully saturated rings. The Morgan fingerprint density at radius 3 is 2.90 bits per heavy atom. The van der Waals surface area contributed by atoms with E-state index in [0.717, 1.165) is 16.8 Å². The number of para-hydroxylation sites is 3. The highest BCUT2D eigenvalue weighted by Gasteiger charge is 2.20. The Morgan fingerprint density at radius 1 is 1.21 bits per heavy atom. The molecule has 3 aromatic rings. The van der Waals surface area contributed by atoms with Crippen LogP contribution in [0.25, 0.3) is 10.9 Å². The Kier molecular flexibility index (Phi) is 5.46. The van der Waals surface area contributed by atoms with Gasteiger partial charge in [0, 0.05) is 13.0 Å². The van der Waals surface area contributed by atoms with Crippen molar-refractivity contribution in [3.63, 3.8) is 0 Å². The lowest BCUT2D eigenvalue weighted by Gasteiger charge is -2.26. The fourth-order valence-corrected chi connectivity index (χ4v) is 3.39. The number of rotatable bonds is 6. The minimum Gasteiger partial charge on any atom is -0.486 e. The SMILES string of the molecule is Cc1cccc2c(=O)n(CCCC(=O)NCC3COc4ccccc4O3)cnc12. The van der Waals surface area contributed by atoms with Crippen LogP contribution in [0.4, 0.5) is 0 Å². The Hall–Kier alpha value is -3.35. The summed E-state index contributed by atoms with van der Waals surface area (Å²) in [6, 6.07) is 13.0. The predicted octanol–water partition coefficient (Wildman–Crippen LogP) is 2.44. The lowest BCUT2D eigenvalue weighted by molar-refractivity contribution is -0.121. The van der Waals surface area contributed by atoms with E-state index in [-0.39, 0.29) is 17.6 Å². The first-order valence-electron chi connectivity index (χ1n) is 9.72. The molecule has 1 unspecified atom stereocenters. The number of aromatic nitrogens is 2. The largest absolute Gasteiger partial charge is 0.486 e. The van der Waals surface area contributed by atoms with Gasteiger partial charge in [0.05, 0.1) is 23.8 Å². The summed E-state index contributed by atoms with van der Waals surface area (Å²) in [5.41, 5.74) is 1.62. The molecule has 0 radical (unpaired) electrons. The van der Waals surface area contributed by atoms with Crippen LogP contribution < -0.4 is 20.3 Å². The van der Waals surface area contributed by atoms with Crippen LogP contribution >= 0.6 is 0 Å². The van der Waals surface area contributed by atoms with E-state index in [4.69, 9.17) is 9.47 Å². The van der Waals surface area contributed by atoms with Gasteiger partial charge in [0.1, 0.15) is 12.7 Å². The number of carbonyl (C=O) groups is 1. The molecule has 0 spiro atoms. The summed E-state index contributed by atoms with van der Waals surface area (Å²) in [5.74, 6) is 1.33. The molecular weight excluding hydrogens is 370 g/mol. The second-order valence-corrected chi connectivity index (χ2v) is 7.12. The molecule has 0 saturated heterocycles. The van der Waals surface area contributed by atoms with Crippen LogP contribution in [-0.2, 0) is 11.3 Å². The van der Waals surface area contributed by atoms with Crippen molar-refractivity contribution in [3.05, 3.63) is 64.7 Å². The van der Waals surface area contributed by atoms with Crippen LogP contribution in [0.2, 0.25) is 0 Å². The van der Waals surface area contributed by atoms with Gasteiger partial charge in [-0.25, -0.2) is 4.98 Å². The average Bonchev–Trinajstić information content (AvgIpc) is 2.74. The molecule has 2 aromatic carbocycles. The van der Waals surface area contributed by atoms with Gasteiger partial charge >= 0.3 is 0 Å². The summed E-state index contributed by atoms with van der Waals surface area (Å²) in [6.45, 7) is 3.15. The highest BCUT2D eigenvalue weighted by molar-refractivity contribution is 5.80. The van der Waals surface area contributed by atoms with Crippen molar-refractivity contribution in [3.8, 4) is 11.5 Å². The number of hydrogen-bond acceptors (Lipinski definition) is 5. The Bertz CT molecular complexity index is 1090. The topological polar surface area (TPSA) is 82.5 Å². The van der Waals surface area contributed by atoms with Crippen LogP contribution in [0.1, 0.15) is 18.4 Å². The molecule has 1 aromatic heterocycles. The molecule has 0 saturated carbocycles. The molecule has 2 heterocycles. The molecule has 29 heavy (non-hydrogen) atoms. The number of carbonyl (C=O) groups excluding carboxylic acids is 1.